The number of rotatable bonds is 4. The van der Waals surface area contributed by atoms with E-state index in [1.807, 2.05) is 23.8 Å². The third-order valence-electron chi connectivity index (χ3n) is 3.12. The standard InChI is InChI=1S/C15H13N3O3S2/c1-3-21-14(20)8-7-9-12(17-15(22-2)18-13(9)19)16-11(8)10-5-4-6-23-10/h4-7H,3H2,1-2H3,(H,16,17,18,19). The van der Waals surface area contributed by atoms with E-state index in [2.05, 4.69) is 15.0 Å². The minimum absolute atomic E-state index is 0.251. The molecule has 0 aromatic carbocycles. The molecule has 0 unspecified atom stereocenters. The largest absolute Gasteiger partial charge is 0.462 e. The lowest BCUT2D eigenvalue weighted by Gasteiger charge is -2.08. The number of aromatic nitrogens is 3. The van der Waals surface area contributed by atoms with Crippen molar-refractivity contribution in [3.8, 4) is 10.6 Å². The van der Waals surface area contributed by atoms with Crippen molar-refractivity contribution >= 4 is 40.1 Å². The zero-order chi connectivity index (χ0) is 16.4. The quantitative estimate of drug-likeness (QED) is 0.444. The van der Waals surface area contributed by atoms with Crippen LogP contribution in [-0.4, -0.2) is 33.8 Å². The molecule has 6 nitrogen and oxygen atoms in total. The van der Waals surface area contributed by atoms with Gasteiger partial charge in [0.05, 0.1) is 28.1 Å². The van der Waals surface area contributed by atoms with Crippen LogP contribution in [0.15, 0.2) is 33.5 Å². The summed E-state index contributed by atoms with van der Waals surface area (Å²) in [6.07, 6.45) is 1.82. The predicted molar refractivity (Wildman–Crippen MR) is 91.2 cm³/mol. The van der Waals surface area contributed by atoms with E-state index < -0.39 is 5.97 Å². The van der Waals surface area contributed by atoms with Gasteiger partial charge in [-0.2, -0.15) is 0 Å². The lowest BCUT2D eigenvalue weighted by Crippen LogP contribution is -2.14. The average Bonchev–Trinajstić information content (AvgIpc) is 3.08. The van der Waals surface area contributed by atoms with Gasteiger partial charge in [0.1, 0.15) is 0 Å². The molecule has 0 bridgehead atoms. The molecule has 0 aliphatic heterocycles. The first-order valence-electron chi connectivity index (χ1n) is 6.84. The SMILES string of the molecule is CCOC(=O)c1cc2c(=O)[nH]c(SC)nc2nc1-c1cccs1. The lowest BCUT2D eigenvalue weighted by atomic mass is 10.1. The Kier molecular flexibility index (Phi) is 4.44. The van der Waals surface area contributed by atoms with Gasteiger partial charge in [0.2, 0.25) is 0 Å². The summed E-state index contributed by atoms with van der Waals surface area (Å²) in [7, 11) is 0. The summed E-state index contributed by atoms with van der Waals surface area (Å²) in [5.74, 6) is -0.501. The molecule has 23 heavy (non-hydrogen) atoms. The molecular formula is C15H13N3O3S2. The van der Waals surface area contributed by atoms with E-state index >= 15 is 0 Å². The van der Waals surface area contributed by atoms with Gasteiger partial charge in [-0.3, -0.25) is 4.79 Å². The first kappa shape index (κ1) is 15.7. The van der Waals surface area contributed by atoms with Crippen molar-refractivity contribution < 1.29 is 9.53 Å². The maximum atomic E-state index is 12.2. The van der Waals surface area contributed by atoms with Gasteiger partial charge in [-0.15, -0.1) is 11.3 Å². The van der Waals surface area contributed by atoms with Crippen molar-refractivity contribution in [2.45, 2.75) is 12.1 Å². The Morgan fingerprint density at radius 2 is 2.26 bits per heavy atom. The van der Waals surface area contributed by atoms with Crippen LogP contribution in [0.2, 0.25) is 0 Å². The Balaban J connectivity index is 2.31. The van der Waals surface area contributed by atoms with E-state index in [1.165, 1.54) is 29.2 Å². The van der Waals surface area contributed by atoms with Crippen molar-refractivity contribution in [2.75, 3.05) is 12.9 Å². The van der Waals surface area contributed by atoms with E-state index in [-0.39, 0.29) is 23.1 Å². The van der Waals surface area contributed by atoms with Crippen LogP contribution in [0.4, 0.5) is 0 Å². The highest BCUT2D eigenvalue weighted by Gasteiger charge is 2.19. The average molecular weight is 347 g/mol. The maximum absolute atomic E-state index is 12.2. The zero-order valence-corrected chi connectivity index (χ0v) is 14.1. The number of hydrogen-bond acceptors (Lipinski definition) is 7. The summed E-state index contributed by atoms with van der Waals surface area (Å²) < 4.78 is 5.09. The predicted octanol–water partition coefficient (Wildman–Crippen LogP) is 2.95. The van der Waals surface area contributed by atoms with Crippen LogP contribution in [0.25, 0.3) is 21.6 Å². The van der Waals surface area contributed by atoms with Crippen LogP contribution in [0, 0.1) is 0 Å². The first-order chi connectivity index (χ1) is 11.1. The summed E-state index contributed by atoms with van der Waals surface area (Å²) in [6.45, 7) is 1.98. The Hall–Kier alpha value is -2.19. The molecule has 3 rings (SSSR count). The number of aromatic amines is 1. The van der Waals surface area contributed by atoms with E-state index in [4.69, 9.17) is 4.74 Å². The number of carbonyl (C=O) groups is 1. The van der Waals surface area contributed by atoms with Crippen LogP contribution in [0.1, 0.15) is 17.3 Å². The summed E-state index contributed by atoms with van der Waals surface area (Å²) >= 11 is 2.78. The number of nitrogens with one attached hydrogen (secondary N) is 1. The van der Waals surface area contributed by atoms with Crippen molar-refractivity contribution in [2.24, 2.45) is 0 Å². The normalized spacial score (nSPS) is 10.9. The summed E-state index contributed by atoms with van der Waals surface area (Å²) in [5.41, 5.74) is 0.742. The number of thioether (sulfide) groups is 1. The number of fused-ring (bicyclic) bond motifs is 1. The van der Waals surface area contributed by atoms with Gasteiger partial charge in [-0.1, -0.05) is 17.8 Å². The number of pyridine rings is 1. The Morgan fingerprint density at radius 3 is 2.91 bits per heavy atom. The van der Waals surface area contributed by atoms with Crippen LogP contribution in [-0.2, 0) is 4.74 Å². The minimum atomic E-state index is -0.501. The van der Waals surface area contributed by atoms with Crippen molar-refractivity contribution in [1.29, 1.82) is 0 Å². The molecule has 0 saturated carbocycles. The topological polar surface area (TPSA) is 84.9 Å². The van der Waals surface area contributed by atoms with Crippen LogP contribution in [0.5, 0.6) is 0 Å². The monoisotopic (exact) mass is 347 g/mol. The maximum Gasteiger partial charge on any atom is 0.340 e. The molecule has 8 heteroatoms. The van der Waals surface area contributed by atoms with E-state index in [0.29, 0.717) is 16.5 Å². The van der Waals surface area contributed by atoms with E-state index in [0.717, 1.165) is 4.88 Å². The highest BCUT2D eigenvalue weighted by Crippen LogP contribution is 2.28. The summed E-state index contributed by atoms with van der Waals surface area (Å²) in [4.78, 5) is 36.7. The molecule has 0 radical (unpaired) electrons. The molecule has 0 fully saturated rings. The van der Waals surface area contributed by atoms with Crippen LogP contribution < -0.4 is 5.56 Å². The molecule has 0 atom stereocenters. The number of nitrogens with zero attached hydrogens (tertiary/aromatic N) is 2. The van der Waals surface area contributed by atoms with Crippen molar-refractivity contribution in [1.82, 2.24) is 15.0 Å². The van der Waals surface area contributed by atoms with Gasteiger partial charge in [0.15, 0.2) is 10.8 Å². The molecule has 0 aliphatic rings. The number of hydrogen-bond donors (Lipinski definition) is 1. The second-order valence-corrected chi connectivity index (χ2v) is 6.27. The summed E-state index contributed by atoms with van der Waals surface area (Å²) in [6, 6.07) is 5.24. The lowest BCUT2D eigenvalue weighted by molar-refractivity contribution is 0.0527. The smallest absolute Gasteiger partial charge is 0.340 e. The second-order valence-electron chi connectivity index (χ2n) is 4.53. The number of esters is 1. The zero-order valence-electron chi connectivity index (χ0n) is 12.5. The number of thiophene rings is 1. The fourth-order valence-electron chi connectivity index (χ4n) is 2.11. The van der Waals surface area contributed by atoms with Gasteiger partial charge in [0, 0.05) is 0 Å². The molecular weight excluding hydrogens is 334 g/mol. The molecule has 3 aromatic heterocycles. The molecule has 3 heterocycles. The van der Waals surface area contributed by atoms with Gasteiger partial charge < -0.3 is 9.72 Å². The molecule has 3 aromatic rings. The first-order valence-corrected chi connectivity index (χ1v) is 8.94. The molecule has 118 valence electrons. The van der Waals surface area contributed by atoms with Gasteiger partial charge in [0.25, 0.3) is 5.56 Å². The Labute approximate surface area is 139 Å². The third-order valence-corrected chi connectivity index (χ3v) is 4.57. The van der Waals surface area contributed by atoms with Gasteiger partial charge in [-0.05, 0) is 30.7 Å². The molecule has 0 spiro atoms. The van der Waals surface area contributed by atoms with Crippen molar-refractivity contribution in [3.05, 3.63) is 39.5 Å². The molecule has 0 amide bonds. The van der Waals surface area contributed by atoms with Gasteiger partial charge in [-0.25, -0.2) is 14.8 Å². The fraction of sp³-hybridized carbons (Fsp3) is 0.200. The number of carbonyl (C=O) groups excluding carboxylic acids is 1. The van der Waals surface area contributed by atoms with Crippen molar-refractivity contribution in [3.63, 3.8) is 0 Å². The molecule has 0 aliphatic carbocycles. The van der Waals surface area contributed by atoms with Crippen LogP contribution >= 0.6 is 23.1 Å². The third kappa shape index (κ3) is 2.99. The molecule has 0 saturated heterocycles. The number of ether oxygens (including phenoxy) is 1. The van der Waals surface area contributed by atoms with E-state index in [1.54, 1.807) is 6.92 Å². The van der Waals surface area contributed by atoms with Gasteiger partial charge >= 0.3 is 5.97 Å². The fourth-order valence-corrected chi connectivity index (χ4v) is 3.21. The number of H-pyrrole nitrogens is 1. The Morgan fingerprint density at radius 1 is 1.43 bits per heavy atom. The highest BCUT2D eigenvalue weighted by atomic mass is 32.2. The molecule has 1 N–H and O–H groups in total. The minimum Gasteiger partial charge on any atom is -0.462 e. The van der Waals surface area contributed by atoms with E-state index in [9.17, 15) is 9.59 Å². The highest BCUT2D eigenvalue weighted by molar-refractivity contribution is 7.98. The van der Waals surface area contributed by atoms with Crippen LogP contribution in [0.3, 0.4) is 0 Å². The summed E-state index contributed by atoms with van der Waals surface area (Å²) in [5, 5.41) is 2.65. The Bertz CT molecular complexity index is 920. The second kappa shape index (κ2) is 6.51.